The van der Waals surface area contributed by atoms with E-state index in [4.69, 9.17) is 0 Å². The maximum absolute atomic E-state index is 13.5. The molecule has 8 nitrogen and oxygen atoms in total. The van der Waals surface area contributed by atoms with Crippen molar-refractivity contribution in [3.8, 4) is 0 Å². The van der Waals surface area contributed by atoms with Crippen LogP contribution in [0.2, 0.25) is 0 Å². The van der Waals surface area contributed by atoms with Crippen molar-refractivity contribution in [3.05, 3.63) is 63.1 Å². The third kappa shape index (κ3) is 5.85. The Morgan fingerprint density at radius 2 is 1.53 bits per heavy atom. The molecule has 0 fully saturated rings. The number of carbonyl (C=O) groups is 1. The second-order valence-electron chi connectivity index (χ2n) is 10.3. The summed E-state index contributed by atoms with van der Waals surface area (Å²) in [5, 5.41) is 0. The molecule has 8 heteroatoms. The lowest BCUT2D eigenvalue weighted by molar-refractivity contribution is -0.133. The van der Waals surface area contributed by atoms with Gasteiger partial charge in [0.15, 0.2) is 11.2 Å². The van der Waals surface area contributed by atoms with E-state index in [2.05, 4.69) is 46.5 Å². The first kappa shape index (κ1) is 25.5. The van der Waals surface area contributed by atoms with Gasteiger partial charge in [-0.25, -0.2) is 14.3 Å². The summed E-state index contributed by atoms with van der Waals surface area (Å²) in [6.07, 6.45) is 1.61. The summed E-state index contributed by atoms with van der Waals surface area (Å²) >= 11 is 0. The molecule has 3 rings (SSSR count). The lowest BCUT2D eigenvalue weighted by Gasteiger charge is -2.26. The number of carbonyl (C=O) groups excluding carboxylic acids is 1. The Morgan fingerprint density at radius 1 is 0.912 bits per heavy atom. The minimum atomic E-state index is -0.515. The van der Waals surface area contributed by atoms with Crippen molar-refractivity contribution in [1.82, 2.24) is 23.6 Å². The van der Waals surface area contributed by atoms with Gasteiger partial charge in [0.05, 0.1) is 12.9 Å². The summed E-state index contributed by atoms with van der Waals surface area (Å²) in [5.41, 5.74) is 0.645. The molecule has 0 spiro atoms. The molecule has 0 N–H and O–H groups in total. The van der Waals surface area contributed by atoms with E-state index in [0.717, 1.165) is 10.1 Å². The Hall–Kier alpha value is -3.16. The van der Waals surface area contributed by atoms with Crippen molar-refractivity contribution in [2.24, 2.45) is 17.8 Å². The van der Waals surface area contributed by atoms with Crippen LogP contribution in [0.5, 0.6) is 0 Å². The van der Waals surface area contributed by atoms with Crippen LogP contribution in [0.1, 0.15) is 47.1 Å². The van der Waals surface area contributed by atoms with E-state index < -0.39 is 11.2 Å². The molecule has 34 heavy (non-hydrogen) atoms. The zero-order valence-electron chi connectivity index (χ0n) is 21.2. The first-order valence-electron chi connectivity index (χ1n) is 12.1. The second-order valence-corrected chi connectivity index (χ2v) is 10.3. The molecular formula is C26H37N5O3. The number of hydrogen-bond acceptors (Lipinski definition) is 4. The van der Waals surface area contributed by atoms with Crippen LogP contribution in [0, 0.1) is 17.8 Å². The lowest BCUT2D eigenvalue weighted by atomic mass is 10.1. The average molecular weight is 468 g/mol. The highest BCUT2D eigenvalue weighted by atomic mass is 16.2. The fourth-order valence-corrected chi connectivity index (χ4v) is 4.21. The molecule has 0 saturated carbocycles. The van der Waals surface area contributed by atoms with Crippen LogP contribution in [0.3, 0.4) is 0 Å². The number of rotatable bonds is 10. The third-order valence-electron chi connectivity index (χ3n) is 5.55. The topological polar surface area (TPSA) is 82.1 Å². The van der Waals surface area contributed by atoms with E-state index in [1.54, 1.807) is 15.8 Å². The number of benzene rings is 1. The van der Waals surface area contributed by atoms with Gasteiger partial charge in [-0.15, -0.1) is 0 Å². The molecule has 2 heterocycles. The highest BCUT2D eigenvalue weighted by Crippen LogP contribution is 2.12. The molecule has 2 aromatic heterocycles. The second kappa shape index (κ2) is 10.8. The normalized spacial score (nSPS) is 11.8. The van der Waals surface area contributed by atoms with Crippen molar-refractivity contribution in [3.63, 3.8) is 0 Å². The zero-order valence-corrected chi connectivity index (χ0v) is 21.2. The van der Waals surface area contributed by atoms with Gasteiger partial charge in [0.1, 0.15) is 6.54 Å². The largest absolute Gasteiger partial charge is 0.341 e. The maximum atomic E-state index is 13.5. The van der Waals surface area contributed by atoms with Gasteiger partial charge in [0, 0.05) is 19.6 Å². The van der Waals surface area contributed by atoms with Gasteiger partial charge < -0.3 is 9.47 Å². The summed E-state index contributed by atoms with van der Waals surface area (Å²) in [4.78, 5) is 46.6. The molecule has 0 aliphatic carbocycles. The van der Waals surface area contributed by atoms with Gasteiger partial charge >= 0.3 is 5.69 Å². The summed E-state index contributed by atoms with van der Waals surface area (Å²) in [6.45, 7) is 14.1. The fraction of sp³-hybridized carbons (Fsp3) is 0.538. The third-order valence-corrected chi connectivity index (χ3v) is 5.55. The van der Waals surface area contributed by atoms with E-state index in [1.165, 1.54) is 4.57 Å². The van der Waals surface area contributed by atoms with E-state index in [-0.39, 0.29) is 36.8 Å². The minimum absolute atomic E-state index is 0.220. The molecule has 1 amide bonds. The number of nitrogens with zero attached hydrogens (tertiary/aromatic N) is 5. The van der Waals surface area contributed by atoms with Gasteiger partial charge in [-0.05, 0) is 23.3 Å². The van der Waals surface area contributed by atoms with Crippen LogP contribution >= 0.6 is 0 Å². The molecule has 0 radical (unpaired) electrons. The number of fused-ring (bicyclic) bond motifs is 1. The maximum Gasteiger partial charge on any atom is 0.333 e. The standard InChI is InChI=1S/C26H37N5O3/c1-18(2)12-28(13-19(3)4)22(32)16-31-25(33)23-24(27-17-29(23)14-20(5)6)30(26(31)34)15-21-10-8-7-9-11-21/h7-11,17-20H,12-16H2,1-6H3. The van der Waals surface area contributed by atoms with E-state index in [0.29, 0.717) is 30.8 Å². The Bertz CT molecular complexity index is 1230. The molecule has 0 aliphatic heterocycles. The quantitative estimate of drug-likeness (QED) is 0.458. The Kier molecular flexibility index (Phi) is 8.12. The van der Waals surface area contributed by atoms with Crippen LogP contribution < -0.4 is 11.2 Å². The van der Waals surface area contributed by atoms with Crippen LogP contribution in [-0.4, -0.2) is 42.6 Å². The predicted octanol–water partition coefficient (Wildman–Crippen LogP) is 3.20. The number of imidazole rings is 1. The van der Waals surface area contributed by atoms with Gasteiger partial charge in [0.25, 0.3) is 5.56 Å². The van der Waals surface area contributed by atoms with E-state index in [9.17, 15) is 14.4 Å². The predicted molar refractivity (Wildman–Crippen MR) is 135 cm³/mol. The highest BCUT2D eigenvalue weighted by Gasteiger charge is 2.23. The van der Waals surface area contributed by atoms with Crippen molar-refractivity contribution in [2.75, 3.05) is 13.1 Å². The smallest absolute Gasteiger partial charge is 0.333 e. The van der Waals surface area contributed by atoms with Crippen molar-refractivity contribution in [1.29, 1.82) is 0 Å². The van der Waals surface area contributed by atoms with Crippen molar-refractivity contribution >= 4 is 17.1 Å². The van der Waals surface area contributed by atoms with Gasteiger partial charge in [-0.3, -0.25) is 14.2 Å². The monoisotopic (exact) mass is 467 g/mol. The van der Waals surface area contributed by atoms with Crippen LogP contribution in [0.25, 0.3) is 11.2 Å². The average Bonchev–Trinajstić information content (AvgIpc) is 3.16. The highest BCUT2D eigenvalue weighted by molar-refractivity contribution is 5.77. The van der Waals surface area contributed by atoms with Crippen LogP contribution in [0.15, 0.2) is 46.2 Å². The first-order valence-corrected chi connectivity index (χ1v) is 12.1. The molecule has 0 saturated heterocycles. The van der Waals surface area contributed by atoms with Gasteiger partial charge in [-0.1, -0.05) is 71.9 Å². The van der Waals surface area contributed by atoms with Gasteiger partial charge in [-0.2, -0.15) is 0 Å². The molecule has 0 atom stereocenters. The van der Waals surface area contributed by atoms with Crippen molar-refractivity contribution in [2.45, 2.75) is 61.2 Å². The molecule has 0 aliphatic rings. The molecule has 184 valence electrons. The molecule has 0 bridgehead atoms. The summed E-state index contributed by atoms with van der Waals surface area (Å²) in [6, 6.07) is 9.58. The minimum Gasteiger partial charge on any atom is -0.341 e. The van der Waals surface area contributed by atoms with Crippen molar-refractivity contribution < 1.29 is 4.79 Å². The Morgan fingerprint density at radius 3 is 2.09 bits per heavy atom. The van der Waals surface area contributed by atoms with Crippen LogP contribution in [-0.2, 0) is 24.4 Å². The number of amides is 1. The Balaban J connectivity index is 2.13. The molecular weight excluding hydrogens is 430 g/mol. The summed E-state index contributed by atoms with van der Waals surface area (Å²) in [7, 11) is 0. The zero-order chi connectivity index (χ0) is 25.0. The lowest BCUT2D eigenvalue weighted by Crippen LogP contribution is -2.46. The summed E-state index contributed by atoms with van der Waals surface area (Å²) in [5.74, 6) is 0.629. The molecule has 3 aromatic rings. The SMILES string of the molecule is CC(C)CN(CC(C)C)C(=O)Cn1c(=O)c2c(ncn2CC(C)C)n(Cc2ccccc2)c1=O. The van der Waals surface area contributed by atoms with Crippen LogP contribution in [0.4, 0.5) is 0 Å². The molecule has 1 aromatic carbocycles. The first-order chi connectivity index (χ1) is 16.1. The van der Waals surface area contributed by atoms with Gasteiger partial charge in [0.2, 0.25) is 5.91 Å². The van der Waals surface area contributed by atoms with E-state index >= 15 is 0 Å². The fourth-order valence-electron chi connectivity index (χ4n) is 4.21. The Labute approximate surface area is 200 Å². The number of hydrogen-bond donors (Lipinski definition) is 0. The summed E-state index contributed by atoms with van der Waals surface area (Å²) < 4.78 is 4.38. The molecule has 0 unspecified atom stereocenters. The number of aromatic nitrogens is 4. The van der Waals surface area contributed by atoms with E-state index in [1.807, 2.05) is 30.3 Å².